The van der Waals surface area contributed by atoms with E-state index in [1.807, 2.05) is 42.3 Å². The summed E-state index contributed by atoms with van der Waals surface area (Å²) in [7, 11) is 1.92. The molecular weight excluding hydrogens is 360 g/mol. The fraction of sp³-hybridized carbons (Fsp3) is 0.640. The van der Waals surface area contributed by atoms with Gasteiger partial charge < -0.3 is 14.9 Å². The van der Waals surface area contributed by atoms with E-state index in [0.29, 0.717) is 17.9 Å². The Bertz CT molecular complexity index is 739. The number of allylic oxidation sites excluding steroid dienone is 1. The van der Waals surface area contributed by atoms with Crippen molar-refractivity contribution in [2.24, 2.45) is 17.8 Å². The maximum Gasteiger partial charge on any atom is 0.259 e. The topological polar surface area (TPSA) is 43.8 Å². The third-order valence-corrected chi connectivity index (χ3v) is 7.48. The molecule has 0 aromatic heterocycles. The van der Waals surface area contributed by atoms with Gasteiger partial charge in [0.25, 0.3) is 5.91 Å². The Kier molecular flexibility index (Phi) is 5.85. The lowest BCUT2D eigenvalue weighted by Crippen LogP contribution is -2.51. The van der Waals surface area contributed by atoms with Crippen LogP contribution in [-0.2, 0) is 10.4 Å². The highest BCUT2D eigenvalue weighted by molar-refractivity contribution is 5.87. The summed E-state index contributed by atoms with van der Waals surface area (Å²) in [6.07, 6.45) is 7.48. The van der Waals surface area contributed by atoms with Crippen LogP contribution >= 0.6 is 0 Å². The standard InChI is InChI=1S/C25H36N2O2/c1-18(2)10-9-15-27-16-21-22(17-27)23(21)26(3)24(28)25(29,20-13-7-8-14-20)19-11-5-4-6-12-19/h4-6,10-12,20-23,29H,7-9,13-17H2,1-3H3. The molecule has 1 saturated heterocycles. The van der Waals surface area contributed by atoms with Gasteiger partial charge in [-0.15, -0.1) is 0 Å². The predicted molar refractivity (Wildman–Crippen MR) is 116 cm³/mol. The van der Waals surface area contributed by atoms with Crippen LogP contribution in [0.1, 0.15) is 51.5 Å². The number of carbonyl (C=O) groups is 1. The van der Waals surface area contributed by atoms with Crippen LogP contribution in [0.2, 0.25) is 0 Å². The molecule has 0 radical (unpaired) electrons. The molecule has 0 bridgehead atoms. The third kappa shape index (κ3) is 3.89. The van der Waals surface area contributed by atoms with Crippen molar-refractivity contribution in [3.05, 3.63) is 47.5 Å². The number of benzene rings is 1. The van der Waals surface area contributed by atoms with Crippen LogP contribution in [0.3, 0.4) is 0 Å². The second kappa shape index (κ2) is 8.23. The maximum atomic E-state index is 13.6. The summed E-state index contributed by atoms with van der Waals surface area (Å²) >= 11 is 0. The molecule has 3 aliphatic rings. The van der Waals surface area contributed by atoms with E-state index in [9.17, 15) is 9.90 Å². The first kappa shape index (κ1) is 20.6. The molecule has 2 aliphatic carbocycles. The molecule has 1 aromatic carbocycles. The lowest BCUT2D eigenvalue weighted by atomic mass is 9.79. The van der Waals surface area contributed by atoms with Crippen LogP contribution in [0.5, 0.6) is 0 Å². The van der Waals surface area contributed by atoms with E-state index in [4.69, 9.17) is 0 Å². The second-order valence-electron chi connectivity index (χ2n) is 9.68. The van der Waals surface area contributed by atoms with Crippen molar-refractivity contribution < 1.29 is 9.90 Å². The van der Waals surface area contributed by atoms with Gasteiger partial charge in [-0.05, 0) is 50.5 Å². The number of hydrogen-bond acceptors (Lipinski definition) is 3. The number of rotatable bonds is 7. The summed E-state index contributed by atoms with van der Waals surface area (Å²) in [6.45, 7) is 7.57. The van der Waals surface area contributed by atoms with Gasteiger partial charge in [0.2, 0.25) is 0 Å². The molecule has 1 heterocycles. The van der Waals surface area contributed by atoms with E-state index in [-0.39, 0.29) is 11.8 Å². The first-order valence-corrected chi connectivity index (χ1v) is 11.3. The van der Waals surface area contributed by atoms with Crippen molar-refractivity contribution in [2.75, 3.05) is 26.7 Å². The zero-order valence-corrected chi connectivity index (χ0v) is 18.2. The number of aliphatic hydroxyl groups is 1. The van der Waals surface area contributed by atoms with Crippen LogP contribution in [0, 0.1) is 17.8 Å². The Hall–Kier alpha value is -1.65. The average Bonchev–Trinajstić information content (AvgIpc) is 3.11. The normalized spacial score (nSPS) is 28.6. The molecule has 4 heteroatoms. The Labute approximate surface area is 175 Å². The Morgan fingerprint density at radius 1 is 1.17 bits per heavy atom. The Morgan fingerprint density at radius 2 is 1.79 bits per heavy atom. The summed E-state index contributed by atoms with van der Waals surface area (Å²) in [6, 6.07) is 9.93. The molecule has 29 heavy (non-hydrogen) atoms. The van der Waals surface area contributed by atoms with Crippen LogP contribution in [-0.4, -0.2) is 53.5 Å². The fourth-order valence-electron chi connectivity index (χ4n) is 5.85. The van der Waals surface area contributed by atoms with E-state index >= 15 is 0 Å². The van der Waals surface area contributed by atoms with Crippen molar-refractivity contribution in [2.45, 2.75) is 57.6 Å². The van der Waals surface area contributed by atoms with Crippen LogP contribution < -0.4 is 0 Å². The highest BCUT2D eigenvalue weighted by Gasteiger charge is 2.60. The molecular formula is C25H36N2O2. The van der Waals surface area contributed by atoms with E-state index < -0.39 is 5.60 Å². The number of likely N-dealkylation sites (tertiary alicyclic amines) is 1. The van der Waals surface area contributed by atoms with Crippen molar-refractivity contribution >= 4 is 5.91 Å². The predicted octanol–water partition coefficient (Wildman–Crippen LogP) is 3.81. The van der Waals surface area contributed by atoms with Crippen molar-refractivity contribution in [3.63, 3.8) is 0 Å². The largest absolute Gasteiger partial charge is 0.375 e. The number of likely N-dealkylation sites (N-methyl/N-ethyl adjacent to an activating group) is 1. The molecule has 158 valence electrons. The molecule has 3 atom stereocenters. The molecule has 1 aromatic rings. The number of fused-ring (bicyclic) bond motifs is 1. The highest BCUT2D eigenvalue weighted by atomic mass is 16.3. The van der Waals surface area contributed by atoms with Gasteiger partial charge in [0, 0.05) is 38.6 Å². The highest BCUT2D eigenvalue weighted by Crippen LogP contribution is 2.50. The van der Waals surface area contributed by atoms with Gasteiger partial charge in [-0.3, -0.25) is 4.79 Å². The average molecular weight is 397 g/mol. The van der Waals surface area contributed by atoms with Gasteiger partial charge in [0.15, 0.2) is 5.60 Å². The number of hydrogen-bond donors (Lipinski definition) is 1. The van der Waals surface area contributed by atoms with Gasteiger partial charge in [-0.2, -0.15) is 0 Å². The number of carbonyl (C=O) groups excluding carboxylic acids is 1. The Balaban J connectivity index is 1.43. The van der Waals surface area contributed by atoms with E-state index in [0.717, 1.165) is 57.3 Å². The summed E-state index contributed by atoms with van der Waals surface area (Å²) in [5.74, 6) is 1.07. The molecule has 1 N–H and O–H groups in total. The fourth-order valence-corrected chi connectivity index (χ4v) is 5.85. The van der Waals surface area contributed by atoms with Gasteiger partial charge in [-0.25, -0.2) is 0 Å². The van der Waals surface area contributed by atoms with Gasteiger partial charge in [-0.1, -0.05) is 54.8 Å². The molecule has 1 amide bonds. The SMILES string of the molecule is CC(C)=CCCN1CC2C(C1)C2N(C)C(=O)C(O)(c1ccccc1)C1CCCC1. The third-order valence-electron chi connectivity index (χ3n) is 7.48. The molecule has 0 spiro atoms. The number of piperidine rings is 1. The van der Waals surface area contributed by atoms with E-state index in [1.165, 1.54) is 5.57 Å². The minimum absolute atomic E-state index is 0.0269. The number of amides is 1. The smallest absolute Gasteiger partial charge is 0.259 e. The van der Waals surface area contributed by atoms with Crippen LogP contribution in [0.15, 0.2) is 42.0 Å². The molecule has 4 nitrogen and oxygen atoms in total. The first-order valence-electron chi connectivity index (χ1n) is 11.3. The number of nitrogens with zero attached hydrogens (tertiary/aromatic N) is 2. The monoisotopic (exact) mass is 396 g/mol. The first-order chi connectivity index (χ1) is 13.9. The maximum absolute atomic E-state index is 13.6. The van der Waals surface area contributed by atoms with E-state index in [1.54, 1.807) is 0 Å². The van der Waals surface area contributed by atoms with Gasteiger partial charge in [0.1, 0.15) is 0 Å². The summed E-state index contributed by atoms with van der Waals surface area (Å²) < 4.78 is 0. The van der Waals surface area contributed by atoms with Gasteiger partial charge in [0.05, 0.1) is 0 Å². The molecule has 2 saturated carbocycles. The minimum Gasteiger partial charge on any atom is -0.375 e. The zero-order chi connectivity index (χ0) is 20.6. The lowest BCUT2D eigenvalue weighted by Gasteiger charge is -2.37. The van der Waals surface area contributed by atoms with Crippen molar-refractivity contribution in [3.8, 4) is 0 Å². The molecule has 3 fully saturated rings. The molecule has 3 unspecified atom stereocenters. The summed E-state index contributed by atoms with van der Waals surface area (Å²) in [5.41, 5.74) is 0.759. The Morgan fingerprint density at radius 3 is 2.38 bits per heavy atom. The second-order valence-corrected chi connectivity index (χ2v) is 9.68. The molecule has 4 rings (SSSR count). The van der Waals surface area contributed by atoms with Crippen molar-refractivity contribution in [1.82, 2.24) is 9.80 Å². The molecule has 1 aliphatic heterocycles. The minimum atomic E-state index is -1.38. The lowest BCUT2D eigenvalue weighted by molar-refractivity contribution is -0.159. The van der Waals surface area contributed by atoms with E-state index in [2.05, 4.69) is 24.8 Å². The summed E-state index contributed by atoms with van der Waals surface area (Å²) in [4.78, 5) is 18.1. The van der Waals surface area contributed by atoms with Crippen LogP contribution in [0.4, 0.5) is 0 Å². The van der Waals surface area contributed by atoms with Crippen LogP contribution in [0.25, 0.3) is 0 Å². The van der Waals surface area contributed by atoms with Gasteiger partial charge >= 0.3 is 0 Å². The zero-order valence-electron chi connectivity index (χ0n) is 18.2. The summed E-state index contributed by atoms with van der Waals surface area (Å²) in [5, 5.41) is 11.8. The quantitative estimate of drug-likeness (QED) is 0.713. The van der Waals surface area contributed by atoms with Crippen molar-refractivity contribution in [1.29, 1.82) is 0 Å².